The van der Waals surface area contributed by atoms with Crippen LogP contribution in [0.1, 0.15) is 19.4 Å². The van der Waals surface area contributed by atoms with Gasteiger partial charge in [0.05, 0.1) is 25.5 Å². The van der Waals surface area contributed by atoms with Crippen LogP contribution in [0.3, 0.4) is 0 Å². The molecule has 9 nitrogen and oxygen atoms in total. The Bertz CT molecular complexity index is 999. The van der Waals surface area contributed by atoms with Gasteiger partial charge < -0.3 is 31.4 Å². The average Bonchev–Trinajstić information content (AvgIpc) is 2.74. The fraction of sp³-hybridized carbons (Fsp3) is 0.300. The van der Waals surface area contributed by atoms with Crippen LogP contribution in [-0.4, -0.2) is 41.8 Å². The Morgan fingerprint density at radius 1 is 1.25 bits per heavy atom. The number of halogens is 3. The number of rotatable bonds is 11. The van der Waals surface area contributed by atoms with Gasteiger partial charge in [0.1, 0.15) is 5.82 Å². The van der Waals surface area contributed by atoms with Crippen molar-refractivity contribution < 1.29 is 22.7 Å². The fourth-order valence-corrected chi connectivity index (χ4v) is 2.49. The van der Waals surface area contributed by atoms with Crippen LogP contribution in [0.15, 0.2) is 30.2 Å². The number of nitrogens with one attached hydrogen (secondary N) is 5. The van der Waals surface area contributed by atoms with Crippen LogP contribution >= 0.6 is 0 Å². The number of carbonyl (C=O) groups excluding carboxylic acids is 1. The van der Waals surface area contributed by atoms with E-state index in [9.17, 15) is 18.0 Å². The number of carbonyl (C=O) groups is 1. The van der Waals surface area contributed by atoms with Gasteiger partial charge in [0.15, 0.2) is 23.2 Å². The molecule has 0 saturated heterocycles. The lowest BCUT2D eigenvalue weighted by Crippen LogP contribution is -2.36. The second kappa shape index (κ2) is 11.5. The Labute approximate surface area is 183 Å². The molecule has 1 amide bonds. The average molecular weight is 451 g/mol. The van der Waals surface area contributed by atoms with Gasteiger partial charge in [0.2, 0.25) is 11.9 Å². The van der Waals surface area contributed by atoms with Gasteiger partial charge in [-0.25, -0.2) is 18.2 Å². The molecular formula is C20H24F3N7O2. The molecule has 0 unspecified atom stereocenters. The highest BCUT2D eigenvalue weighted by molar-refractivity contribution is 5.81. The normalized spacial score (nSPS) is 11.2. The molecule has 0 bridgehead atoms. The van der Waals surface area contributed by atoms with Gasteiger partial charge in [-0.15, -0.1) is 0 Å². The number of ether oxygens (including phenoxy) is 1. The Hall–Kier alpha value is -3.83. The summed E-state index contributed by atoms with van der Waals surface area (Å²) in [6, 6.07) is 2.18. The van der Waals surface area contributed by atoms with Crippen LogP contribution in [-0.2, 0) is 11.3 Å². The van der Waals surface area contributed by atoms with E-state index in [0.717, 1.165) is 24.5 Å². The van der Waals surface area contributed by atoms with Crippen molar-refractivity contribution in [3.8, 4) is 5.75 Å². The molecule has 32 heavy (non-hydrogen) atoms. The molecule has 5 N–H and O–H groups in total. The second-order valence-corrected chi connectivity index (χ2v) is 6.76. The third-order valence-corrected chi connectivity index (χ3v) is 3.93. The first-order valence-corrected chi connectivity index (χ1v) is 9.52. The molecule has 0 aliphatic rings. The van der Waals surface area contributed by atoms with Gasteiger partial charge in [-0.1, -0.05) is 0 Å². The molecule has 0 fully saturated rings. The molecule has 1 heterocycles. The Kier molecular flexibility index (Phi) is 8.81. The van der Waals surface area contributed by atoms with E-state index in [1.54, 1.807) is 0 Å². The fourth-order valence-electron chi connectivity index (χ4n) is 2.49. The summed E-state index contributed by atoms with van der Waals surface area (Å²) >= 11 is 0. The lowest BCUT2D eigenvalue weighted by atomic mass is 10.2. The zero-order valence-corrected chi connectivity index (χ0v) is 17.7. The van der Waals surface area contributed by atoms with E-state index in [1.165, 1.54) is 13.3 Å². The molecule has 0 spiro atoms. The lowest BCUT2D eigenvalue weighted by Gasteiger charge is -2.12. The number of methoxy groups -OCH3 is 1. The number of anilines is 2. The van der Waals surface area contributed by atoms with Gasteiger partial charge in [0, 0.05) is 30.6 Å². The van der Waals surface area contributed by atoms with Gasteiger partial charge in [-0.3, -0.25) is 4.79 Å². The summed E-state index contributed by atoms with van der Waals surface area (Å²) in [5.41, 5.74) is -0.161. The summed E-state index contributed by atoms with van der Waals surface area (Å²) in [5.74, 6) is -3.35. The molecule has 0 aliphatic heterocycles. The Morgan fingerprint density at radius 3 is 2.66 bits per heavy atom. The first kappa shape index (κ1) is 24.4. The largest absolute Gasteiger partial charge is 0.494 e. The number of hydrogen-bond donors (Lipinski definition) is 5. The van der Waals surface area contributed by atoms with Crippen LogP contribution in [0.4, 0.5) is 24.9 Å². The minimum Gasteiger partial charge on any atom is -0.494 e. The molecule has 2 rings (SSSR count). The van der Waals surface area contributed by atoms with E-state index < -0.39 is 24.0 Å². The van der Waals surface area contributed by atoms with Gasteiger partial charge in [-0.05, 0) is 26.0 Å². The van der Waals surface area contributed by atoms with E-state index in [2.05, 4.69) is 31.2 Å². The number of amides is 1. The minimum atomic E-state index is -0.908. The van der Waals surface area contributed by atoms with Crippen molar-refractivity contribution in [2.75, 3.05) is 24.3 Å². The van der Waals surface area contributed by atoms with Crippen molar-refractivity contribution in [3.05, 3.63) is 53.2 Å². The highest BCUT2D eigenvalue weighted by Gasteiger charge is 2.16. The molecule has 1 aromatic carbocycles. The van der Waals surface area contributed by atoms with Gasteiger partial charge in [-0.2, -0.15) is 4.98 Å². The molecule has 12 heteroatoms. The Morgan fingerprint density at radius 2 is 2.00 bits per heavy atom. The van der Waals surface area contributed by atoms with E-state index in [-0.39, 0.29) is 47.3 Å². The standard InChI is InChI=1S/C20H24F3N7O2/c1-11(2)28-17(31)10-25-7-12(6-24)29-20-27-9-15(22)19(30-20)26-8-13-14(21)4-5-16(32-3)18(13)23/h4-7,9,11,24-25H,8,10H2,1-3H3,(H,28,31)(H2,26,27,29,30)/b12-7+,24-6?. The quantitative estimate of drug-likeness (QED) is 0.333. The molecule has 0 aliphatic carbocycles. The zero-order valence-electron chi connectivity index (χ0n) is 17.7. The molecule has 0 radical (unpaired) electrons. The summed E-state index contributed by atoms with van der Waals surface area (Å²) in [6.45, 7) is 3.23. The van der Waals surface area contributed by atoms with E-state index >= 15 is 0 Å². The van der Waals surface area contributed by atoms with Crippen molar-refractivity contribution >= 4 is 23.9 Å². The molecule has 1 aromatic heterocycles. The maximum Gasteiger partial charge on any atom is 0.239 e. The predicted molar refractivity (Wildman–Crippen MR) is 114 cm³/mol. The highest BCUT2D eigenvalue weighted by atomic mass is 19.1. The van der Waals surface area contributed by atoms with Gasteiger partial charge >= 0.3 is 0 Å². The first-order chi connectivity index (χ1) is 15.2. The molecule has 2 aromatic rings. The molecule has 172 valence electrons. The third kappa shape index (κ3) is 6.86. The number of benzene rings is 1. The molecule has 0 saturated carbocycles. The van der Waals surface area contributed by atoms with Crippen LogP contribution in [0.2, 0.25) is 0 Å². The zero-order chi connectivity index (χ0) is 23.7. The summed E-state index contributed by atoms with van der Waals surface area (Å²) in [4.78, 5) is 19.3. The number of hydrogen-bond acceptors (Lipinski definition) is 8. The summed E-state index contributed by atoms with van der Waals surface area (Å²) in [7, 11) is 1.25. The second-order valence-electron chi connectivity index (χ2n) is 6.76. The van der Waals surface area contributed by atoms with Crippen LogP contribution in [0.5, 0.6) is 5.75 Å². The van der Waals surface area contributed by atoms with Crippen molar-refractivity contribution in [2.45, 2.75) is 26.4 Å². The minimum absolute atomic E-state index is 0.00827. The monoisotopic (exact) mass is 451 g/mol. The molecule has 0 atom stereocenters. The van der Waals surface area contributed by atoms with Crippen molar-refractivity contribution in [2.24, 2.45) is 0 Å². The van der Waals surface area contributed by atoms with Crippen LogP contribution < -0.4 is 26.0 Å². The van der Waals surface area contributed by atoms with E-state index in [0.29, 0.717) is 0 Å². The topological polar surface area (TPSA) is 124 Å². The number of aromatic nitrogens is 2. The maximum atomic E-state index is 14.3. The third-order valence-electron chi connectivity index (χ3n) is 3.93. The summed E-state index contributed by atoms with van der Waals surface area (Å²) < 4.78 is 47.1. The summed E-state index contributed by atoms with van der Waals surface area (Å²) in [5, 5.41) is 18.1. The Balaban J connectivity index is 2.08. The number of nitrogens with zero attached hydrogens (tertiary/aromatic N) is 2. The maximum absolute atomic E-state index is 14.3. The SMILES string of the molecule is COc1ccc(F)c(CNc2nc(N/C(C=N)=C/NCC(=O)NC(C)C)ncc2F)c1F. The van der Waals surface area contributed by atoms with Crippen molar-refractivity contribution in [1.29, 1.82) is 5.41 Å². The van der Waals surface area contributed by atoms with Crippen LogP contribution in [0, 0.1) is 22.9 Å². The van der Waals surface area contributed by atoms with Crippen LogP contribution in [0.25, 0.3) is 0 Å². The van der Waals surface area contributed by atoms with Crippen molar-refractivity contribution in [1.82, 2.24) is 20.6 Å². The number of allylic oxidation sites excluding steroid dienone is 1. The first-order valence-electron chi connectivity index (χ1n) is 9.52. The molecular weight excluding hydrogens is 427 g/mol. The summed E-state index contributed by atoms with van der Waals surface area (Å²) in [6.07, 6.45) is 3.16. The smallest absolute Gasteiger partial charge is 0.239 e. The lowest BCUT2D eigenvalue weighted by molar-refractivity contribution is -0.120. The van der Waals surface area contributed by atoms with Crippen molar-refractivity contribution in [3.63, 3.8) is 0 Å². The van der Waals surface area contributed by atoms with E-state index in [1.807, 2.05) is 13.8 Å². The van der Waals surface area contributed by atoms with Gasteiger partial charge in [0.25, 0.3) is 0 Å². The highest BCUT2D eigenvalue weighted by Crippen LogP contribution is 2.24. The predicted octanol–water partition coefficient (Wildman–Crippen LogP) is 2.53. The van der Waals surface area contributed by atoms with E-state index in [4.69, 9.17) is 10.1 Å².